The molecule has 0 saturated heterocycles. The van der Waals surface area contributed by atoms with Crippen LogP contribution in [0.4, 0.5) is 0 Å². The molecule has 8 nitrogen and oxygen atoms in total. The summed E-state index contributed by atoms with van der Waals surface area (Å²) in [6.07, 6.45) is -4.05. The first kappa shape index (κ1) is 33.9. The van der Waals surface area contributed by atoms with Gasteiger partial charge in [-0.2, -0.15) is 0 Å². The van der Waals surface area contributed by atoms with Crippen LogP contribution in [-0.2, 0) is 54.8 Å². The van der Waals surface area contributed by atoms with Gasteiger partial charge in [-0.15, -0.1) is 0 Å². The lowest BCUT2D eigenvalue weighted by Crippen LogP contribution is -2.67. The van der Waals surface area contributed by atoms with Gasteiger partial charge < -0.3 is 38.6 Å². The van der Waals surface area contributed by atoms with Crippen molar-refractivity contribution in [3.8, 4) is 0 Å². The van der Waals surface area contributed by atoms with E-state index in [4.69, 9.17) is 28.4 Å². The summed E-state index contributed by atoms with van der Waals surface area (Å²) in [5.41, 5.74) is 3.98. The first-order valence-electron chi connectivity index (χ1n) is 15.8. The monoisotopic (exact) mass is 628 g/mol. The van der Waals surface area contributed by atoms with Crippen LogP contribution in [0, 0.1) is 0 Å². The summed E-state index contributed by atoms with van der Waals surface area (Å²) in [4.78, 5) is 0. The molecule has 6 atom stereocenters. The lowest BCUT2D eigenvalue weighted by atomic mass is 9.83. The zero-order chi connectivity index (χ0) is 31.8. The maximum absolute atomic E-state index is 9.82. The first-order chi connectivity index (χ1) is 22.8. The van der Waals surface area contributed by atoms with E-state index < -0.39 is 36.6 Å². The molecule has 0 aliphatic heterocycles. The van der Waals surface area contributed by atoms with E-state index in [9.17, 15) is 10.2 Å². The van der Waals surface area contributed by atoms with E-state index in [1.54, 1.807) is 0 Å². The largest absolute Gasteiger partial charge is 0.394 e. The number of hydrogen-bond donors (Lipinski definition) is 2. The maximum atomic E-state index is 9.82. The van der Waals surface area contributed by atoms with Crippen LogP contribution < -0.4 is 0 Å². The summed E-state index contributed by atoms with van der Waals surface area (Å²) in [6, 6.07) is 39.7. The second-order valence-electron chi connectivity index (χ2n) is 11.2. The van der Waals surface area contributed by atoms with Crippen molar-refractivity contribution in [1.29, 1.82) is 0 Å². The number of aliphatic hydroxyl groups is 2. The minimum absolute atomic E-state index is 0.0567. The summed E-state index contributed by atoms with van der Waals surface area (Å²) in [6.45, 7) is 0.945. The van der Waals surface area contributed by atoms with Crippen LogP contribution in [0.5, 0.6) is 0 Å². The molecule has 1 fully saturated rings. The third-order valence-corrected chi connectivity index (χ3v) is 7.89. The minimum Gasteiger partial charge on any atom is -0.394 e. The zero-order valence-electron chi connectivity index (χ0n) is 26.0. The number of benzene rings is 4. The van der Waals surface area contributed by atoms with Crippen molar-refractivity contribution in [2.45, 2.75) is 63.1 Å². The normalized spacial score (nSPS) is 22.9. The number of ether oxygens (including phenoxy) is 6. The number of aliphatic hydroxyl groups excluding tert-OH is 2. The standard InChI is InChI=1S/C38H44O8/c39-21-23-41-33-34(42-24-22-40)36(44-26-30-15-7-2-8-16-30)38(46-28-32-19-11-4-12-20-32)37(45-27-31-17-9-3-10-18-31)35(33)43-25-29-13-5-1-6-14-29/h1-20,33-40H,21-28H2/t33-,34+,35-,36-,37+,38+/m0/s1. The summed E-state index contributed by atoms with van der Waals surface area (Å²) >= 11 is 0. The fourth-order valence-corrected chi connectivity index (χ4v) is 5.70. The van der Waals surface area contributed by atoms with E-state index in [1.165, 1.54) is 0 Å². The van der Waals surface area contributed by atoms with Crippen molar-refractivity contribution in [3.63, 3.8) is 0 Å². The topological polar surface area (TPSA) is 95.8 Å². The summed E-state index contributed by atoms with van der Waals surface area (Å²) in [7, 11) is 0. The Morgan fingerprint density at radius 3 is 0.761 bits per heavy atom. The van der Waals surface area contributed by atoms with E-state index in [0.29, 0.717) is 26.4 Å². The molecular weight excluding hydrogens is 584 g/mol. The highest BCUT2D eigenvalue weighted by Gasteiger charge is 2.55. The van der Waals surface area contributed by atoms with Gasteiger partial charge in [-0.25, -0.2) is 0 Å². The molecule has 1 aliphatic rings. The molecule has 2 N–H and O–H groups in total. The Morgan fingerprint density at radius 1 is 0.326 bits per heavy atom. The summed E-state index contributed by atoms with van der Waals surface area (Å²) in [5, 5.41) is 19.6. The average Bonchev–Trinajstić information content (AvgIpc) is 3.12. The molecule has 8 heteroatoms. The van der Waals surface area contributed by atoms with Crippen molar-refractivity contribution in [2.24, 2.45) is 0 Å². The molecule has 1 saturated carbocycles. The molecule has 244 valence electrons. The lowest BCUT2D eigenvalue weighted by molar-refractivity contribution is -0.290. The highest BCUT2D eigenvalue weighted by Crippen LogP contribution is 2.36. The highest BCUT2D eigenvalue weighted by atomic mass is 16.6. The second kappa shape index (κ2) is 18.6. The van der Waals surface area contributed by atoms with Gasteiger partial charge in [0.25, 0.3) is 0 Å². The molecule has 1 aliphatic carbocycles. The molecule has 4 aromatic rings. The van der Waals surface area contributed by atoms with Gasteiger partial charge in [-0.3, -0.25) is 0 Å². The lowest BCUT2D eigenvalue weighted by Gasteiger charge is -2.49. The van der Waals surface area contributed by atoms with Crippen LogP contribution >= 0.6 is 0 Å². The molecule has 0 amide bonds. The van der Waals surface area contributed by atoms with E-state index in [2.05, 4.69) is 0 Å². The van der Waals surface area contributed by atoms with E-state index in [-0.39, 0.29) is 26.4 Å². The van der Waals surface area contributed by atoms with Gasteiger partial charge in [0.2, 0.25) is 0 Å². The van der Waals surface area contributed by atoms with E-state index in [1.807, 2.05) is 121 Å². The molecule has 0 bridgehead atoms. The Labute approximate surface area is 271 Å². The second-order valence-corrected chi connectivity index (χ2v) is 11.2. The van der Waals surface area contributed by atoms with Crippen LogP contribution in [0.25, 0.3) is 0 Å². The predicted molar refractivity (Wildman–Crippen MR) is 174 cm³/mol. The average molecular weight is 629 g/mol. The van der Waals surface area contributed by atoms with Gasteiger partial charge in [0, 0.05) is 0 Å². The van der Waals surface area contributed by atoms with E-state index in [0.717, 1.165) is 22.3 Å². The number of rotatable bonds is 18. The van der Waals surface area contributed by atoms with Gasteiger partial charge in [0.05, 0.1) is 52.9 Å². The number of hydrogen-bond acceptors (Lipinski definition) is 8. The molecule has 0 unspecified atom stereocenters. The summed E-state index contributed by atoms with van der Waals surface area (Å²) < 4.78 is 39.5. The van der Waals surface area contributed by atoms with Crippen LogP contribution in [0.15, 0.2) is 121 Å². The Balaban J connectivity index is 1.53. The SMILES string of the molecule is OCCO[C@@H]1[C@H](OCCO)[C@H](OCc2ccccc2)[C@@H](OCc2ccccc2)[C@H](OCc2ccccc2)[C@H]1OCc1ccccc1. The van der Waals surface area contributed by atoms with Gasteiger partial charge in [-0.1, -0.05) is 121 Å². The Kier molecular flexibility index (Phi) is 13.7. The van der Waals surface area contributed by atoms with Crippen molar-refractivity contribution in [1.82, 2.24) is 0 Å². The van der Waals surface area contributed by atoms with Gasteiger partial charge >= 0.3 is 0 Å². The summed E-state index contributed by atoms with van der Waals surface area (Å²) in [5.74, 6) is 0. The minimum atomic E-state index is -0.708. The Morgan fingerprint density at radius 2 is 0.543 bits per heavy atom. The molecule has 0 radical (unpaired) electrons. The van der Waals surface area contributed by atoms with Crippen LogP contribution in [-0.4, -0.2) is 73.3 Å². The third kappa shape index (κ3) is 9.78. The first-order valence-corrected chi connectivity index (χ1v) is 15.8. The van der Waals surface area contributed by atoms with E-state index >= 15 is 0 Å². The fraction of sp³-hybridized carbons (Fsp3) is 0.368. The van der Waals surface area contributed by atoms with Gasteiger partial charge in [0.15, 0.2) is 0 Å². The third-order valence-electron chi connectivity index (χ3n) is 7.89. The van der Waals surface area contributed by atoms with Crippen molar-refractivity contribution in [2.75, 3.05) is 26.4 Å². The maximum Gasteiger partial charge on any atom is 0.116 e. The quantitative estimate of drug-likeness (QED) is 0.157. The van der Waals surface area contributed by atoms with Crippen LogP contribution in [0.1, 0.15) is 22.3 Å². The Hall–Kier alpha value is -3.44. The molecule has 4 aromatic carbocycles. The molecular formula is C38H44O8. The van der Waals surface area contributed by atoms with Crippen LogP contribution in [0.3, 0.4) is 0 Å². The fourth-order valence-electron chi connectivity index (χ4n) is 5.70. The molecule has 5 rings (SSSR count). The smallest absolute Gasteiger partial charge is 0.116 e. The molecule has 0 heterocycles. The van der Waals surface area contributed by atoms with Crippen molar-refractivity contribution in [3.05, 3.63) is 144 Å². The van der Waals surface area contributed by atoms with Crippen molar-refractivity contribution < 1.29 is 38.6 Å². The molecule has 0 aromatic heterocycles. The molecule has 0 spiro atoms. The molecule has 46 heavy (non-hydrogen) atoms. The Bertz CT molecular complexity index is 1250. The van der Waals surface area contributed by atoms with Crippen LogP contribution in [0.2, 0.25) is 0 Å². The van der Waals surface area contributed by atoms with Gasteiger partial charge in [0.1, 0.15) is 36.6 Å². The predicted octanol–water partition coefficient (Wildman–Crippen LogP) is 5.10. The van der Waals surface area contributed by atoms with Gasteiger partial charge in [-0.05, 0) is 22.3 Å². The highest BCUT2D eigenvalue weighted by molar-refractivity contribution is 5.17. The zero-order valence-corrected chi connectivity index (χ0v) is 26.0. The van der Waals surface area contributed by atoms with Crippen molar-refractivity contribution >= 4 is 0 Å².